The average Bonchev–Trinajstić information content (AvgIpc) is 3.52. The molecule has 0 radical (unpaired) electrons. The van der Waals surface area contributed by atoms with Crippen LogP contribution in [0, 0.1) is 5.82 Å². The van der Waals surface area contributed by atoms with Crippen molar-refractivity contribution in [2.75, 3.05) is 29.9 Å². The van der Waals surface area contributed by atoms with Crippen LogP contribution in [0.1, 0.15) is 36.9 Å². The quantitative estimate of drug-likeness (QED) is 0.490. The second-order valence-corrected chi connectivity index (χ2v) is 10.9. The third-order valence-electron chi connectivity index (χ3n) is 8.38. The lowest BCUT2D eigenvalue weighted by atomic mass is 9.96. The number of allylic oxidation sites excluding steroid dienone is 2. The third kappa shape index (κ3) is 4.36. The zero-order valence-electron chi connectivity index (χ0n) is 22.8. The zero-order chi connectivity index (χ0) is 28.2. The van der Waals surface area contributed by atoms with Gasteiger partial charge in [0.05, 0.1) is 32.1 Å². The lowest BCUT2D eigenvalue weighted by Crippen LogP contribution is -2.37. The molecule has 5 heterocycles. The number of hydrogen-bond donors (Lipinski definition) is 2. The molecule has 10 nitrogen and oxygen atoms in total. The van der Waals surface area contributed by atoms with E-state index in [-0.39, 0.29) is 23.6 Å². The van der Waals surface area contributed by atoms with E-state index in [1.807, 2.05) is 15.6 Å². The first kappa shape index (κ1) is 25.7. The fourth-order valence-corrected chi connectivity index (χ4v) is 6.39. The number of ketones is 1. The Hall–Kier alpha value is -4.22. The van der Waals surface area contributed by atoms with E-state index in [2.05, 4.69) is 15.3 Å². The van der Waals surface area contributed by atoms with Gasteiger partial charge in [-0.25, -0.2) is 4.39 Å². The molecule has 0 saturated carbocycles. The van der Waals surface area contributed by atoms with E-state index in [4.69, 9.17) is 4.74 Å². The molecule has 0 saturated heterocycles. The van der Waals surface area contributed by atoms with Crippen LogP contribution >= 0.6 is 0 Å². The first-order chi connectivity index (χ1) is 19.9. The minimum Gasteiger partial charge on any atom is -0.392 e. The number of carbonyl (C=O) groups excluding carboxylic acids is 1. The fraction of sp³-hybridized carbons (Fsp3) is 0.367. The highest BCUT2D eigenvalue weighted by Crippen LogP contribution is 2.41. The van der Waals surface area contributed by atoms with Crippen molar-refractivity contribution in [1.29, 1.82) is 0 Å². The molecule has 41 heavy (non-hydrogen) atoms. The normalized spacial score (nSPS) is 18.3. The number of aliphatic hydroxyl groups excluding tert-OH is 1. The first-order valence-electron chi connectivity index (χ1n) is 14.0. The van der Waals surface area contributed by atoms with Gasteiger partial charge in [0.2, 0.25) is 5.78 Å². The third-order valence-corrected chi connectivity index (χ3v) is 8.38. The van der Waals surface area contributed by atoms with E-state index in [1.165, 1.54) is 16.7 Å². The maximum atomic E-state index is 15.2. The van der Waals surface area contributed by atoms with Gasteiger partial charge in [0, 0.05) is 66.7 Å². The highest BCUT2D eigenvalue weighted by Gasteiger charge is 2.38. The second kappa shape index (κ2) is 10.0. The molecular weight excluding hydrogens is 527 g/mol. The number of pyridine rings is 1. The summed E-state index contributed by atoms with van der Waals surface area (Å²) in [7, 11) is 1.63. The molecule has 3 aliphatic heterocycles. The maximum absolute atomic E-state index is 15.2. The highest BCUT2D eigenvalue weighted by molar-refractivity contribution is 6.11. The van der Waals surface area contributed by atoms with Gasteiger partial charge in [-0.15, -0.1) is 0 Å². The van der Waals surface area contributed by atoms with Crippen LogP contribution in [-0.2, 0) is 36.3 Å². The molecule has 1 aromatic carbocycles. The van der Waals surface area contributed by atoms with Gasteiger partial charge in [0.15, 0.2) is 5.82 Å². The van der Waals surface area contributed by atoms with Crippen molar-refractivity contribution in [2.45, 2.75) is 45.4 Å². The van der Waals surface area contributed by atoms with Crippen molar-refractivity contribution in [3.63, 3.8) is 0 Å². The van der Waals surface area contributed by atoms with E-state index in [0.717, 1.165) is 42.6 Å². The molecule has 212 valence electrons. The molecule has 0 fully saturated rings. The van der Waals surface area contributed by atoms with E-state index >= 15 is 4.39 Å². The molecule has 7 rings (SSSR count). The van der Waals surface area contributed by atoms with Gasteiger partial charge in [0.1, 0.15) is 17.2 Å². The number of carbonyl (C=O) groups is 1. The van der Waals surface area contributed by atoms with Crippen molar-refractivity contribution in [3.05, 3.63) is 81.1 Å². The van der Waals surface area contributed by atoms with Crippen LogP contribution in [0.3, 0.4) is 0 Å². The topological polar surface area (TPSA) is 105 Å². The van der Waals surface area contributed by atoms with Crippen LogP contribution in [-0.4, -0.2) is 49.8 Å². The smallest absolute Gasteiger partial charge is 0.274 e. The van der Waals surface area contributed by atoms with Gasteiger partial charge in [0.25, 0.3) is 5.56 Å². The Morgan fingerprint density at radius 3 is 2.78 bits per heavy atom. The van der Waals surface area contributed by atoms with Crippen molar-refractivity contribution in [2.24, 2.45) is 7.05 Å². The highest BCUT2D eigenvalue weighted by atomic mass is 19.1. The Morgan fingerprint density at radius 1 is 1.10 bits per heavy atom. The summed E-state index contributed by atoms with van der Waals surface area (Å²) in [6.07, 6.45) is 7.22. The number of fused-ring (bicyclic) bond motifs is 3. The molecule has 0 atom stereocenters. The summed E-state index contributed by atoms with van der Waals surface area (Å²) in [6.45, 7) is 2.47. The minimum atomic E-state index is -0.478. The Balaban J connectivity index is 1.26. The number of nitrogens with one attached hydrogen (secondary N) is 1. The molecule has 11 heteroatoms. The fourth-order valence-electron chi connectivity index (χ4n) is 6.39. The molecule has 4 aliphatic rings. The molecule has 2 N–H and O–H groups in total. The van der Waals surface area contributed by atoms with Gasteiger partial charge in [-0.05, 0) is 49.4 Å². The largest absolute Gasteiger partial charge is 0.392 e. The number of aryl methyl sites for hydroxylation is 1. The summed E-state index contributed by atoms with van der Waals surface area (Å²) in [5.41, 5.74) is 5.61. The van der Waals surface area contributed by atoms with E-state index in [9.17, 15) is 14.7 Å². The molecule has 2 aromatic heterocycles. The summed E-state index contributed by atoms with van der Waals surface area (Å²) in [5.74, 6) is 0.0882. The van der Waals surface area contributed by atoms with E-state index in [1.54, 1.807) is 25.5 Å². The average molecular weight is 559 g/mol. The standard InChI is InChI=1S/C30H31FN6O4/c1-34-14-18(10-24(30(34)40)32-28-13-20-17-41-9-8-37(20)33-28)22-11-19(31)12-26(23(22)16-38)35-6-7-36-25-5-3-2-4-21(25)29(39)27(36)15-35/h10-15,38H,2-9,16-17H2,1H3,(H,32,33). The Morgan fingerprint density at radius 2 is 1.95 bits per heavy atom. The Bertz CT molecular complexity index is 1680. The number of Topliss-reactive ketones (excluding diaryl/α,β-unsaturated/α-hetero) is 1. The van der Waals surface area contributed by atoms with Gasteiger partial charge in [-0.3, -0.25) is 14.3 Å². The number of hydrogen-bond acceptors (Lipinski definition) is 8. The van der Waals surface area contributed by atoms with Crippen molar-refractivity contribution >= 4 is 23.0 Å². The lowest BCUT2D eigenvalue weighted by molar-refractivity contribution is -0.112. The van der Waals surface area contributed by atoms with Crippen LogP contribution < -0.4 is 15.8 Å². The predicted octanol–water partition coefficient (Wildman–Crippen LogP) is 3.53. The van der Waals surface area contributed by atoms with Crippen LogP contribution in [0.5, 0.6) is 0 Å². The molecule has 0 unspecified atom stereocenters. The Kier molecular flexibility index (Phi) is 6.28. The summed E-state index contributed by atoms with van der Waals surface area (Å²) < 4.78 is 24.0. The molecule has 1 aliphatic carbocycles. The summed E-state index contributed by atoms with van der Waals surface area (Å²) in [4.78, 5) is 30.2. The molecule has 0 amide bonds. The van der Waals surface area contributed by atoms with Crippen LogP contribution in [0.15, 0.2) is 58.4 Å². The summed E-state index contributed by atoms with van der Waals surface area (Å²) >= 11 is 0. The number of benzene rings is 1. The zero-order valence-corrected chi connectivity index (χ0v) is 22.8. The number of nitrogens with zero attached hydrogens (tertiary/aromatic N) is 5. The number of rotatable bonds is 5. The van der Waals surface area contributed by atoms with Gasteiger partial charge < -0.3 is 29.5 Å². The molecule has 0 spiro atoms. The molecule has 3 aromatic rings. The maximum Gasteiger partial charge on any atom is 0.274 e. The van der Waals surface area contributed by atoms with Crippen LogP contribution in [0.2, 0.25) is 0 Å². The number of ether oxygens (including phenoxy) is 1. The monoisotopic (exact) mass is 558 g/mol. The van der Waals surface area contributed by atoms with Crippen LogP contribution in [0.4, 0.5) is 21.6 Å². The van der Waals surface area contributed by atoms with Crippen molar-refractivity contribution in [1.82, 2.24) is 19.2 Å². The van der Waals surface area contributed by atoms with Gasteiger partial charge in [-0.2, -0.15) is 5.10 Å². The predicted molar refractivity (Wildman–Crippen MR) is 151 cm³/mol. The number of aliphatic hydroxyl groups is 1. The molecular formula is C30H31FN6O4. The summed E-state index contributed by atoms with van der Waals surface area (Å²) in [5, 5.41) is 18.2. The van der Waals surface area contributed by atoms with E-state index in [0.29, 0.717) is 66.7 Å². The number of anilines is 3. The second-order valence-electron chi connectivity index (χ2n) is 10.9. The van der Waals surface area contributed by atoms with Gasteiger partial charge in [-0.1, -0.05) is 0 Å². The number of aromatic nitrogens is 3. The van der Waals surface area contributed by atoms with Crippen molar-refractivity contribution in [3.8, 4) is 11.1 Å². The summed E-state index contributed by atoms with van der Waals surface area (Å²) in [6, 6.07) is 6.27. The molecule has 0 bridgehead atoms. The minimum absolute atomic E-state index is 0.0490. The van der Waals surface area contributed by atoms with Gasteiger partial charge >= 0.3 is 0 Å². The lowest BCUT2D eigenvalue weighted by Gasteiger charge is -2.35. The SMILES string of the molecule is Cn1cc(-c2cc(F)cc(N3C=C4C(=O)C5=C(CCCC5)N4CC3)c2CO)cc(Nc2cc3n(n2)CCOC3)c1=O. The first-order valence-corrected chi connectivity index (χ1v) is 14.0. The van der Waals surface area contributed by atoms with Crippen LogP contribution in [0.25, 0.3) is 11.1 Å². The Labute approximate surface area is 235 Å². The van der Waals surface area contributed by atoms with Crippen molar-refractivity contribution < 1.29 is 19.0 Å². The number of halogens is 1. The van der Waals surface area contributed by atoms with E-state index < -0.39 is 5.82 Å².